The van der Waals surface area contributed by atoms with Crippen molar-refractivity contribution in [2.75, 3.05) is 5.43 Å². The summed E-state index contributed by atoms with van der Waals surface area (Å²) in [6.45, 7) is 3.71. The van der Waals surface area contributed by atoms with Gasteiger partial charge in [0.05, 0.1) is 11.3 Å². The van der Waals surface area contributed by atoms with Crippen molar-refractivity contribution in [1.82, 2.24) is 0 Å². The van der Waals surface area contributed by atoms with Crippen molar-refractivity contribution in [3.8, 4) is 16.9 Å². The summed E-state index contributed by atoms with van der Waals surface area (Å²) in [5.74, 6) is -1.75. The zero-order chi connectivity index (χ0) is 22.9. The number of carbonyl (C=O) groups excluding carboxylic acids is 1. The molecule has 0 spiro atoms. The number of hydrogen-bond donors (Lipinski definition) is 3. The molecule has 0 aliphatic carbocycles. The van der Waals surface area contributed by atoms with Crippen molar-refractivity contribution in [2.45, 2.75) is 19.4 Å². The number of aromatic carboxylic acids is 1. The van der Waals surface area contributed by atoms with Crippen molar-refractivity contribution < 1.29 is 19.8 Å². The Morgan fingerprint density at radius 1 is 1.06 bits per heavy atom. The van der Waals surface area contributed by atoms with Crippen LogP contribution in [-0.2, 0) is 10.3 Å². The van der Waals surface area contributed by atoms with E-state index in [1.54, 1.807) is 37.3 Å². The topological polar surface area (TPSA) is 124 Å². The number of aromatic hydroxyl groups is 1. The molecule has 0 saturated carbocycles. The average molecular weight is 428 g/mol. The molecule has 1 aliphatic rings. The van der Waals surface area contributed by atoms with Gasteiger partial charge in [0.1, 0.15) is 5.75 Å². The Kier molecular flexibility index (Phi) is 5.28. The fourth-order valence-corrected chi connectivity index (χ4v) is 3.48. The molecule has 1 heterocycles. The fraction of sp³-hybridized carbons (Fsp3) is 0.125. The zero-order valence-electron chi connectivity index (χ0n) is 17.4. The minimum Gasteiger partial charge on any atom is -0.505 e. The maximum absolute atomic E-state index is 12.4. The van der Waals surface area contributed by atoms with E-state index in [0.717, 1.165) is 11.1 Å². The molecule has 1 amide bonds. The monoisotopic (exact) mass is 428 g/mol. The molecule has 32 heavy (non-hydrogen) atoms. The van der Waals surface area contributed by atoms with E-state index in [9.17, 15) is 19.8 Å². The van der Waals surface area contributed by atoms with Gasteiger partial charge in [-0.05, 0) is 43.2 Å². The van der Waals surface area contributed by atoms with E-state index in [1.165, 1.54) is 12.1 Å². The predicted octanol–water partition coefficient (Wildman–Crippen LogP) is 4.74. The summed E-state index contributed by atoms with van der Waals surface area (Å²) in [5, 5.41) is 32.1. The van der Waals surface area contributed by atoms with Crippen molar-refractivity contribution in [3.05, 3.63) is 83.4 Å². The lowest BCUT2D eigenvalue weighted by molar-refractivity contribution is -0.111. The number of carboxylic acids is 1. The number of amides is 1. The number of para-hydroxylation sites is 1. The molecule has 0 aromatic heterocycles. The highest BCUT2D eigenvalue weighted by Gasteiger charge is 2.42. The second kappa shape index (κ2) is 8.07. The van der Waals surface area contributed by atoms with Crippen LogP contribution in [0.2, 0.25) is 0 Å². The zero-order valence-corrected chi connectivity index (χ0v) is 17.4. The van der Waals surface area contributed by atoms with Crippen molar-refractivity contribution >= 4 is 23.3 Å². The molecule has 3 N–H and O–H groups in total. The summed E-state index contributed by atoms with van der Waals surface area (Å²) in [7, 11) is 0. The summed E-state index contributed by atoms with van der Waals surface area (Å²) >= 11 is 0. The number of carbonyl (C=O) groups is 2. The first kappa shape index (κ1) is 20.9. The smallest absolute Gasteiger partial charge is 0.335 e. The average Bonchev–Trinajstić information content (AvgIpc) is 3.08. The standard InChI is InChI=1S/C24H20N4O4/c1-14-9-11-17(12-10-14)24(2)21(22(30)27-28-24)26-25-19-8-4-7-18(20(19)29)15-5-3-6-16(13-15)23(31)32/h3-13,25,29H,1-2H3,(H,31,32). The number of phenolic OH excluding ortho intramolecular Hbond substituents is 1. The highest BCUT2D eigenvalue weighted by Crippen LogP contribution is 2.37. The van der Waals surface area contributed by atoms with Gasteiger partial charge in [0, 0.05) is 5.56 Å². The van der Waals surface area contributed by atoms with Gasteiger partial charge in [0.2, 0.25) is 0 Å². The molecule has 0 radical (unpaired) electrons. The lowest BCUT2D eigenvalue weighted by Crippen LogP contribution is -2.31. The van der Waals surface area contributed by atoms with Crippen molar-refractivity contribution in [1.29, 1.82) is 0 Å². The third kappa shape index (κ3) is 3.74. The maximum atomic E-state index is 12.4. The van der Waals surface area contributed by atoms with Crippen LogP contribution < -0.4 is 5.43 Å². The van der Waals surface area contributed by atoms with Gasteiger partial charge in [-0.1, -0.05) is 54.1 Å². The summed E-state index contributed by atoms with van der Waals surface area (Å²) < 4.78 is 0. The number of nitrogens with zero attached hydrogens (tertiary/aromatic N) is 3. The van der Waals surface area contributed by atoms with E-state index in [1.807, 2.05) is 31.2 Å². The number of hydrogen-bond acceptors (Lipinski definition) is 6. The highest BCUT2D eigenvalue weighted by atomic mass is 16.4. The quantitative estimate of drug-likeness (QED) is 0.400. The van der Waals surface area contributed by atoms with E-state index in [-0.39, 0.29) is 22.7 Å². The number of benzene rings is 3. The number of carboxylic acid groups (broad SMARTS) is 1. The third-order valence-corrected chi connectivity index (χ3v) is 5.36. The summed E-state index contributed by atoms with van der Waals surface area (Å²) in [5.41, 5.74) is 4.94. The molecule has 1 aliphatic heterocycles. The maximum Gasteiger partial charge on any atom is 0.335 e. The first-order valence-electron chi connectivity index (χ1n) is 9.84. The van der Waals surface area contributed by atoms with Gasteiger partial charge in [-0.3, -0.25) is 10.2 Å². The van der Waals surface area contributed by atoms with Gasteiger partial charge in [-0.25, -0.2) is 4.79 Å². The molecule has 3 aromatic carbocycles. The van der Waals surface area contributed by atoms with E-state index >= 15 is 0 Å². The highest BCUT2D eigenvalue weighted by molar-refractivity contribution is 6.43. The largest absolute Gasteiger partial charge is 0.505 e. The molecular weight excluding hydrogens is 408 g/mol. The Morgan fingerprint density at radius 3 is 2.50 bits per heavy atom. The normalized spacial score (nSPS) is 18.8. The Bertz CT molecular complexity index is 1280. The number of nitrogens with one attached hydrogen (secondary N) is 1. The van der Waals surface area contributed by atoms with Crippen molar-refractivity contribution in [2.24, 2.45) is 15.3 Å². The molecule has 0 bridgehead atoms. The predicted molar refractivity (Wildman–Crippen MR) is 120 cm³/mol. The molecule has 0 saturated heterocycles. The van der Waals surface area contributed by atoms with E-state index in [2.05, 4.69) is 20.8 Å². The number of azo groups is 1. The van der Waals surface area contributed by atoms with Crippen LogP contribution in [0.1, 0.15) is 28.4 Å². The second-order valence-corrected chi connectivity index (χ2v) is 7.60. The molecule has 8 heteroatoms. The fourth-order valence-electron chi connectivity index (χ4n) is 3.48. The molecule has 4 rings (SSSR count). The van der Waals surface area contributed by atoms with Crippen LogP contribution in [0.4, 0.5) is 5.69 Å². The molecule has 3 aromatic rings. The molecule has 160 valence electrons. The number of rotatable bonds is 5. The van der Waals surface area contributed by atoms with Crippen LogP contribution in [0.5, 0.6) is 5.75 Å². The first-order chi connectivity index (χ1) is 15.3. The van der Waals surface area contributed by atoms with Gasteiger partial charge in [0.15, 0.2) is 11.3 Å². The SMILES string of the molecule is Cc1ccc(C2(C)N=NC(=O)C2=NNc2cccc(-c3cccc(C(=O)O)c3)c2O)cc1. The van der Waals surface area contributed by atoms with Gasteiger partial charge >= 0.3 is 11.9 Å². The summed E-state index contributed by atoms with van der Waals surface area (Å²) in [6, 6.07) is 18.8. The number of phenols is 1. The first-order valence-corrected chi connectivity index (χ1v) is 9.84. The van der Waals surface area contributed by atoms with E-state index < -0.39 is 17.4 Å². The van der Waals surface area contributed by atoms with Gasteiger partial charge in [-0.15, -0.1) is 5.11 Å². The lowest BCUT2D eigenvalue weighted by Gasteiger charge is -2.20. The Labute approximate surface area is 184 Å². The number of hydrazone groups is 1. The molecule has 8 nitrogen and oxygen atoms in total. The van der Waals surface area contributed by atoms with Gasteiger partial charge < -0.3 is 10.2 Å². The Hall–Kier alpha value is -4.33. The second-order valence-electron chi connectivity index (χ2n) is 7.60. The van der Waals surface area contributed by atoms with Crippen LogP contribution in [0.25, 0.3) is 11.1 Å². The van der Waals surface area contributed by atoms with Crippen LogP contribution in [0.3, 0.4) is 0 Å². The van der Waals surface area contributed by atoms with Crippen LogP contribution in [0.15, 0.2) is 82.1 Å². The molecule has 1 unspecified atom stereocenters. The lowest BCUT2D eigenvalue weighted by atomic mass is 9.88. The summed E-state index contributed by atoms with van der Waals surface area (Å²) in [6.07, 6.45) is 0. The Balaban J connectivity index is 1.68. The minimum atomic E-state index is -1.06. The number of anilines is 1. The van der Waals surface area contributed by atoms with E-state index in [0.29, 0.717) is 11.1 Å². The van der Waals surface area contributed by atoms with Crippen LogP contribution in [0, 0.1) is 6.92 Å². The van der Waals surface area contributed by atoms with Crippen LogP contribution >= 0.6 is 0 Å². The number of aryl methyl sites for hydroxylation is 1. The third-order valence-electron chi connectivity index (χ3n) is 5.36. The van der Waals surface area contributed by atoms with Gasteiger partial charge in [0.25, 0.3) is 0 Å². The van der Waals surface area contributed by atoms with Crippen LogP contribution in [-0.4, -0.2) is 27.8 Å². The van der Waals surface area contributed by atoms with Crippen molar-refractivity contribution in [3.63, 3.8) is 0 Å². The Morgan fingerprint density at radius 2 is 1.78 bits per heavy atom. The molecule has 0 fully saturated rings. The van der Waals surface area contributed by atoms with E-state index in [4.69, 9.17) is 0 Å². The molecule has 1 atom stereocenters. The molecular formula is C24H20N4O4. The van der Waals surface area contributed by atoms with Gasteiger partial charge in [-0.2, -0.15) is 10.2 Å². The minimum absolute atomic E-state index is 0.0963. The summed E-state index contributed by atoms with van der Waals surface area (Å²) in [4.78, 5) is 23.6.